The van der Waals surface area contributed by atoms with Crippen molar-refractivity contribution in [3.63, 3.8) is 0 Å². The Balaban J connectivity index is 2.57. The van der Waals surface area contributed by atoms with Crippen molar-refractivity contribution in [1.29, 1.82) is 0 Å². The van der Waals surface area contributed by atoms with Crippen molar-refractivity contribution >= 4 is 28.8 Å². The molecule has 0 saturated carbocycles. The first-order valence-corrected chi connectivity index (χ1v) is 5.45. The second-order valence-electron chi connectivity index (χ2n) is 3.19. The van der Waals surface area contributed by atoms with Crippen molar-refractivity contribution in [3.05, 3.63) is 21.3 Å². The highest BCUT2D eigenvalue weighted by atomic mass is 35.5. The molecule has 1 heterocycles. The predicted molar refractivity (Wildman–Crippen MR) is 59.5 cm³/mol. The van der Waals surface area contributed by atoms with Crippen molar-refractivity contribution in [3.8, 4) is 0 Å². The lowest BCUT2D eigenvalue weighted by Gasteiger charge is -2.18. The number of thiophene rings is 1. The summed E-state index contributed by atoms with van der Waals surface area (Å²) in [6.45, 7) is 2.25. The number of likely N-dealkylation sites (N-methyl/N-ethyl adjacent to an activating group) is 1. The number of hydrogen-bond acceptors (Lipinski definition) is 3. The quantitative estimate of drug-likeness (QED) is 0.863. The summed E-state index contributed by atoms with van der Waals surface area (Å²) in [7, 11) is 1.74. The van der Waals surface area contributed by atoms with Gasteiger partial charge in [0.25, 0.3) is 0 Å². The second-order valence-corrected chi connectivity index (χ2v) is 4.99. The first-order chi connectivity index (χ1) is 6.50. The summed E-state index contributed by atoms with van der Waals surface area (Å²) >= 11 is 7.25. The van der Waals surface area contributed by atoms with Crippen molar-refractivity contribution in [2.45, 2.75) is 19.5 Å². The first kappa shape index (κ1) is 11.5. The minimum absolute atomic E-state index is 0.0606. The molecule has 14 heavy (non-hydrogen) atoms. The Morgan fingerprint density at radius 1 is 1.71 bits per heavy atom. The zero-order valence-corrected chi connectivity index (χ0v) is 9.73. The van der Waals surface area contributed by atoms with Crippen molar-refractivity contribution < 1.29 is 4.79 Å². The summed E-state index contributed by atoms with van der Waals surface area (Å²) in [6, 6.07) is 3.29. The molecule has 0 spiro atoms. The van der Waals surface area contributed by atoms with Crippen LogP contribution >= 0.6 is 22.9 Å². The van der Waals surface area contributed by atoms with Crippen LogP contribution in [0.2, 0.25) is 4.34 Å². The fourth-order valence-electron chi connectivity index (χ4n) is 1.10. The van der Waals surface area contributed by atoms with Crippen LogP contribution in [0, 0.1) is 0 Å². The molecule has 5 heteroatoms. The summed E-state index contributed by atoms with van der Waals surface area (Å²) in [5.41, 5.74) is 5.48. The zero-order chi connectivity index (χ0) is 10.7. The number of amides is 1. The lowest BCUT2D eigenvalue weighted by molar-refractivity contribution is -0.131. The molecular formula is C9H13ClN2OS. The molecule has 3 nitrogen and oxygen atoms in total. The standard InChI is InChI=1S/C9H13ClN2OS/c1-6(11)9(13)12(2)5-7-3-4-8(10)14-7/h3-4,6H,5,11H2,1-2H3/t6-/m0/s1. The maximum Gasteiger partial charge on any atom is 0.239 e. The number of rotatable bonds is 3. The number of carbonyl (C=O) groups excluding carboxylic acids is 1. The topological polar surface area (TPSA) is 46.3 Å². The second kappa shape index (κ2) is 4.77. The fourth-order valence-corrected chi connectivity index (χ4v) is 2.24. The predicted octanol–water partition coefficient (Wildman–Crippen LogP) is 1.71. The van der Waals surface area contributed by atoms with Gasteiger partial charge in [-0.25, -0.2) is 0 Å². The van der Waals surface area contributed by atoms with E-state index < -0.39 is 6.04 Å². The molecule has 0 fully saturated rings. The van der Waals surface area contributed by atoms with E-state index in [-0.39, 0.29) is 5.91 Å². The van der Waals surface area contributed by atoms with E-state index in [1.165, 1.54) is 11.3 Å². The molecule has 1 aromatic rings. The molecular weight excluding hydrogens is 220 g/mol. The van der Waals surface area contributed by atoms with E-state index in [2.05, 4.69) is 0 Å². The van der Waals surface area contributed by atoms with Gasteiger partial charge in [-0.2, -0.15) is 0 Å². The number of nitrogens with two attached hydrogens (primary N) is 1. The third kappa shape index (κ3) is 2.97. The third-order valence-electron chi connectivity index (χ3n) is 1.79. The Bertz CT molecular complexity index is 324. The molecule has 0 radical (unpaired) electrons. The van der Waals surface area contributed by atoms with Gasteiger partial charge in [-0.1, -0.05) is 11.6 Å². The van der Waals surface area contributed by atoms with Crippen molar-refractivity contribution in [1.82, 2.24) is 4.90 Å². The van der Waals surface area contributed by atoms with Crippen LogP contribution < -0.4 is 5.73 Å². The summed E-state index contributed by atoms with van der Waals surface area (Å²) < 4.78 is 0.738. The lowest BCUT2D eigenvalue weighted by atomic mass is 10.3. The summed E-state index contributed by atoms with van der Waals surface area (Å²) in [6.07, 6.45) is 0. The number of nitrogens with zero attached hydrogens (tertiary/aromatic N) is 1. The highest BCUT2D eigenvalue weighted by molar-refractivity contribution is 7.16. The molecule has 1 amide bonds. The maximum atomic E-state index is 11.4. The molecule has 0 aliphatic carbocycles. The largest absolute Gasteiger partial charge is 0.339 e. The average Bonchev–Trinajstić information content (AvgIpc) is 2.49. The van der Waals surface area contributed by atoms with Crippen LogP contribution in [0.5, 0.6) is 0 Å². The molecule has 0 aliphatic rings. The van der Waals surface area contributed by atoms with Crippen LogP contribution in [0.4, 0.5) is 0 Å². The average molecular weight is 233 g/mol. The first-order valence-electron chi connectivity index (χ1n) is 4.25. The van der Waals surface area contributed by atoms with Crippen LogP contribution in [-0.4, -0.2) is 23.9 Å². The Hall–Kier alpha value is -0.580. The van der Waals surface area contributed by atoms with Gasteiger partial charge in [0.05, 0.1) is 16.9 Å². The van der Waals surface area contributed by atoms with E-state index >= 15 is 0 Å². The molecule has 78 valence electrons. The van der Waals surface area contributed by atoms with E-state index in [4.69, 9.17) is 17.3 Å². The summed E-state index contributed by atoms with van der Waals surface area (Å²) in [5.74, 6) is -0.0606. The van der Waals surface area contributed by atoms with Crippen LogP contribution in [0.1, 0.15) is 11.8 Å². The smallest absolute Gasteiger partial charge is 0.239 e. The summed E-state index contributed by atoms with van der Waals surface area (Å²) in [5, 5.41) is 0. The van der Waals surface area contributed by atoms with E-state index in [9.17, 15) is 4.79 Å². The monoisotopic (exact) mass is 232 g/mol. The van der Waals surface area contributed by atoms with Gasteiger partial charge in [-0.05, 0) is 19.1 Å². The van der Waals surface area contributed by atoms with Gasteiger partial charge in [0.15, 0.2) is 0 Å². The van der Waals surface area contributed by atoms with Crippen LogP contribution in [-0.2, 0) is 11.3 Å². The molecule has 0 bridgehead atoms. The van der Waals surface area contributed by atoms with Crippen LogP contribution in [0.25, 0.3) is 0 Å². The highest BCUT2D eigenvalue weighted by Gasteiger charge is 2.13. The van der Waals surface area contributed by atoms with Gasteiger partial charge >= 0.3 is 0 Å². The minimum atomic E-state index is -0.449. The number of hydrogen-bond donors (Lipinski definition) is 1. The number of halogens is 1. The SMILES string of the molecule is C[C@H](N)C(=O)N(C)Cc1ccc(Cl)s1. The molecule has 0 aliphatic heterocycles. The van der Waals surface area contributed by atoms with E-state index in [0.29, 0.717) is 6.54 Å². The molecule has 0 saturated heterocycles. The minimum Gasteiger partial charge on any atom is -0.339 e. The lowest BCUT2D eigenvalue weighted by Crippen LogP contribution is -2.39. The highest BCUT2D eigenvalue weighted by Crippen LogP contribution is 2.22. The molecule has 0 unspecified atom stereocenters. The maximum absolute atomic E-state index is 11.4. The Labute approximate surface area is 92.5 Å². The fraction of sp³-hybridized carbons (Fsp3) is 0.444. The third-order valence-corrected chi connectivity index (χ3v) is 3.00. The van der Waals surface area contributed by atoms with E-state index in [1.54, 1.807) is 18.9 Å². The van der Waals surface area contributed by atoms with Crippen LogP contribution in [0.3, 0.4) is 0 Å². The summed E-state index contributed by atoms with van der Waals surface area (Å²) in [4.78, 5) is 14.1. The van der Waals surface area contributed by atoms with Gasteiger partial charge in [-0.15, -0.1) is 11.3 Å². The molecule has 1 aromatic heterocycles. The Morgan fingerprint density at radius 3 is 2.79 bits per heavy atom. The molecule has 2 N–H and O–H groups in total. The van der Waals surface area contributed by atoms with Crippen LogP contribution in [0.15, 0.2) is 12.1 Å². The van der Waals surface area contributed by atoms with E-state index in [0.717, 1.165) is 9.21 Å². The molecule has 1 atom stereocenters. The Morgan fingerprint density at radius 2 is 2.36 bits per heavy atom. The van der Waals surface area contributed by atoms with E-state index in [1.807, 2.05) is 12.1 Å². The molecule has 1 rings (SSSR count). The van der Waals surface area contributed by atoms with Gasteiger partial charge in [0.1, 0.15) is 0 Å². The van der Waals surface area contributed by atoms with Gasteiger partial charge in [0, 0.05) is 11.9 Å². The van der Waals surface area contributed by atoms with Gasteiger partial charge < -0.3 is 10.6 Å². The molecule has 0 aromatic carbocycles. The van der Waals surface area contributed by atoms with Gasteiger partial charge in [-0.3, -0.25) is 4.79 Å². The zero-order valence-electron chi connectivity index (χ0n) is 8.16. The van der Waals surface area contributed by atoms with Gasteiger partial charge in [0.2, 0.25) is 5.91 Å². The Kier molecular flexibility index (Phi) is 3.92. The normalized spacial score (nSPS) is 12.6. The van der Waals surface area contributed by atoms with Crippen molar-refractivity contribution in [2.24, 2.45) is 5.73 Å². The van der Waals surface area contributed by atoms with Crippen molar-refractivity contribution in [2.75, 3.05) is 7.05 Å². The number of carbonyl (C=O) groups is 1.